The topological polar surface area (TPSA) is 45.2 Å². The molecule has 0 aliphatic carbocycles. The van der Waals surface area contributed by atoms with Crippen molar-refractivity contribution < 1.29 is 4.79 Å². The van der Waals surface area contributed by atoms with E-state index in [1.165, 1.54) is 0 Å². The summed E-state index contributed by atoms with van der Waals surface area (Å²) in [5.41, 5.74) is 1.16. The third-order valence-corrected chi connectivity index (χ3v) is 3.42. The second-order valence-electron chi connectivity index (χ2n) is 4.51. The summed E-state index contributed by atoms with van der Waals surface area (Å²) in [6, 6.07) is 4.12. The first kappa shape index (κ1) is 12.0. The predicted molar refractivity (Wildman–Crippen MR) is 66.4 cm³/mol. The number of rotatable bonds is 4. The van der Waals surface area contributed by atoms with E-state index in [0.29, 0.717) is 0 Å². The smallest absolute Gasteiger partial charge is 0.228 e. The molecular formula is C13H19N3O. The lowest BCUT2D eigenvalue weighted by molar-refractivity contribution is -0.138. The maximum Gasteiger partial charge on any atom is 0.228 e. The molecule has 0 radical (unpaired) electrons. The fraction of sp³-hybridized carbons (Fsp3) is 0.538. The van der Waals surface area contributed by atoms with E-state index in [1.807, 2.05) is 24.1 Å². The number of pyridine rings is 1. The lowest BCUT2D eigenvalue weighted by atomic mass is 9.98. The minimum Gasteiger partial charge on any atom is -0.338 e. The first-order valence-electron chi connectivity index (χ1n) is 6.11. The van der Waals surface area contributed by atoms with Crippen LogP contribution in [0, 0.1) is 5.92 Å². The highest BCUT2D eigenvalue weighted by Crippen LogP contribution is 2.24. The first-order valence-corrected chi connectivity index (χ1v) is 6.11. The molecule has 4 heteroatoms. The van der Waals surface area contributed by atoms with Crippen molar-refractivity contribution in [3.63, 3.8) is 0 Å². The number of carbonyl (C=O) groups is 1. The van der Waals surface area contributed by atoms with E-state index in [-0.39, 0.29) is 17.9 Å². The minimum atomic E-state index is 0.158. The van der Waals surface area contributed by atoms with Gasteiger partial charge in [-0.2, -0.15) is 0 Å². The molecule has 1 aromatic rings. The quantitative estimate of drug-likeness (QED) is 0.850. The van der Waals surface area contributed by atoms with Gasteiger partial charge in [0.2, 0.25) is 5.91 Å². The zero-order chi connectivity index (χ0) is 12.3. The van der Waals surface area contributed by atoms with Crippen LogP contribution in [0.15, 0.2) is 24.5 Å². The molecule has 0 bridgehead atoms. The number of aromatic nitrogens is 1. The second kappa shape index (κ2) is 5.27. The first-order chi connectivity index (χ1) is 8.24. The van der Waals surface area contributed by atoms with Gasteiger partial charge in [-0.25, -0.2) is 0 Å². The van der Waals surface area contributed by atoms with Crippen molar-refractivity contribution in [1.29, 1.82) is 0 Å². The summed E-state index contributed by atoms with van der Waals surface area (Å²) >= 11 is 0. The molecule has 1 fully saturated rings. The molecule has 2 heterocycles. The van der Waals surface area contributed by atoms with Crippen LogP contribution in [0.4, 0.5) is 0 Å². The fourth-order valence-corrected chi connectivity index (χ4v) is 2.22. The highest BCUT2D eigenvalue weighted by atomic mass is 16.2. The molecule has 0 saturated carbocycles. The van der Waals surface area contributed by atoms with E-state index < -0.39 is 0 Å². The Morgan fingerprint density at radius 3 is 2.65 bits per heavy atom. The van der Waals surface area contributed by atoms with E-state index >= 15 is 0 Å². The van der Waals surface area contributed by atoms with Gasteiger partial charge in [-0.15, -0.1) is 0 Å². The third-order valence-electron chi connectivity index (χ3n) is 3.42. The number of nitrogens with one attached hydrogen (secondary N) is 1. The number of carbonyl (C=O) groups excluding carboxylic acids is 1. The summed E-state index contributed by atoms with van der Waals surface area (Å²) in [6.45, 7) is 3.74. The Labute approximate surface area is 102 Å². The molecular weight excluding hydrogens is 214 g/mol. The highest BCUT2D eigenvalue weighted by Gasteiger charge is 2.30. The molecule has 1 aliphatic rings. The molecule has 1 amide bonds. The van der Waals surface area contributed by atoms with Crippen molar-refractivity contribution in [2.75, 3.05) is 20.1 Å². The van der Waals surface area contributed by atoms with Crippen LogP contribution in [-0.4, -0.2) is 35.9 Å². The molecule has 17 heavy (non-hydrogen) atoms. The molecule has 1 unspecified atom stereocenters. The van der Waals surface area contributed by atoms with Gasteiger partial charge >= 0.3 is 0 Å². The maximum atomic E-state index is 12.2. The Morgan fingerprint density at radius 1 is 1.53 bits per heavy atom. The van der Waals surface area contributed by atoms with Crippen molar-refractivity contribution in [3.8, 4) is 0 Å². The van der Waals surface area contributed by atoms with Gasteiger partial charge in [-0.3, -0.25) is 9.78 Å². The Kier molecular flexibility index (Phi) is 3.74. The molecule has 0 aromatic carbocycles. The molecule has 1 saturated heterocycles. The summed E-state index contributed by atoms with van der Waals surface area (Å²) in [5.74, 6) is 0.406. The van der Waals surface area contributed by atoms with E-state index in [0.717, 1.165) is 25.1 Å². The van der Waals surface area contributed by atoms with E-state index in [1.54, 1.807) is 12.4 Å². The van der Waals surface area contributed by atoms with Crippen molar-refractivity contribution in [1.82, 2.24) is 15.2 Å². The molecule has 1 aliphatic heterocycles. The summed E-state index contributed by atoms with van der Waals surface area (Å²) in [4.78, 5) is 18.1. The fourth-order valence-electron chi connectivity index (χ4n) is 2.22. The van der Waals surface area contributed by atoms with Gasteiger partial charge < -0.3 is 10.2 Å². The summed E-state index contributed by atoms with van der Waals surface area (Å²) < 4.78 is 0. The Hall–Kier alpha value is -1.42. The van der Waals surface area contributed by atoms with Crippen LogP contribution in [0.25, 0.3) is 0 Å². The van der Waals surface area contributed by atoms with Gasteiger partial charge in [0, 0.05) is 32.5 Å². The van der Waals surface area contributed by atoms with E-state index in [4.69, 9.17) is 0 Å². The summed E-state index contributed by atoms with van der Waals surface area (Å²) in [7, 11) is 1.90. The lowest BCUT2D eigenvalue weighted by Gasteiger charge is -2.34. The van der Waals surface area contributed by atoms with E-state index in [2.05, 4.69) is 17.2 Å². The zero-order valence-electron chi connectivity index (χ0n) is 10.4. The monoisotopic (exact) mass is 233 g/mol. The second-order valence-corrected chi connectivity index (χ2v) is 4.51. The largest absolute Gasteiger partial charge is 0.338 e. The SMILES string of the molecule is CCC(c1ccncc1)N(C)C(=O)C1CNC1. The van der Waals surface area contributed by atoms with Gasteiger partial charge in [0.1, 0.15) is 0 Å². The summed E-state index contributed by atoms with van der Waals surface area (Å²) in [5, 5.41) is 3.14. The van der Waals surface area contributed by atoms with Crippen LogP contribution < -0.4 is 5.32 Å². The van der Waals surface area contributed by atoms with Crippen LogP contribution >= 0.6 is 0 Å². The van der Waals surface area contributed by atoms with Crippen molar-refractivity contribution >= 4 is 5.91 Å². The zero-order valence-corrected chi connectivity index (χ0v) is 10.4. The minimum absolute atomic E-state index is 0.158. The number of nitrogens with zero attached hydrogens (tertiary/aromatic N) is 2. The Bertz CT molecular complexity index is 376. The summed E-state index contributed by atoms with van der Waals surface area (Å²) in [6.07, 6.45) is 4.48. The third kappa shape index (κ3) is 2.47. The molecule has 92 valence electrons. The van der Waals surface area contributed by atoms with Crippen LogP contribution in [-0.2, 0) is 4.79 Å². The molecule has 1 aromatic heterocycles. The standard InChI is InChI=1S/C13H19N3O/c1-3-12(10-4-6-14-7-5-10)16(2)13(17)11-8-15-9-11/h4-7,11-12,15H,3,8-9H2,1-2H3. The van der Waals surface area contributed by atoms with Crippen molar-refractivity contribution in [3.05, 3.63) is 30.1 Å². The van der Waals surface area contributed by atoms with Crippen molar-refractivity contribution in [2.24, 2.45) is 5.92 Å². The molecule has 1 N–H and O–H groups in total. The van der Waals surface area contributed by atoms with Gasteiger partial charge in [0.15, 0.2) is 0 Å². The molecule has 1 atom stereocenters. The van der Waals surface area contributed by atoms with Crippen LogP contribution in [0.3, 0.4) is 0 Å². The number of hydrogen-bond donors (Lipinski definition) is 1. The molecule has 0 spiro atoms. The van der Waals surface area contributed by atoms with E-state index in [9.17, 15) is 4.79 Å². The van der Waals surface area contributed by atoms with Crippen molar-refractivity contribution in [2.45, 2.75) is 19.4 Å². The highest BCUT2D eigenvalue weighted by molar-refractivity contribution is 5.80. The normalized spacial score (nSPS) is 17.3. The molecule has 2 rings (SSSR count). The van der Waals surface area contributed by atoms with Crippen LogP contribution in [0.2, 0.25) is 0 Å². The predicted octanol–water partition coefficient (Wildman–Crippen LogP) is 1.21. The lowest BCUT2D eigenvalue weighted by Crippen LogP contribution is -2.51. The average molecular weight is 233 g/mol. The number of hydrogen-bond acceptors (Lipinski definition) is 3. The average Bonchev–Trinajstić information content (AvgIpc) is 2.29. The number of amides is 1. The van der Waals surface area contributed by atoms with Gasteiger partial charge in [0.25, 0.3) is 0 Å². The maximum absolute atomic E-state index is 12.2. The van der Waals surface area contributed by atoms with Crippen LogP contribution in [0.1, 0.15) is 24.9 Å². The Morgan fingerprint density at radius 2 is 2.18 bits per heavy atom. The molecule has 4 nitrogen and oxygen atoms in total. The Balaban J connectivity index is 2.09. The van der Waals surface area contributed by atoms with Gasteiger partial charge in [0.05, 0.1) is 12.0 Å². The van der Waals surface area contributed by atoms with Crippen LogP contribution in [0.5, 0.6) is 0 Å². The van der Waals surface area contributed by atoms with Gasteiger partial charge in [-0.1, -0.05) is 6.92 Å². The van der Waals surface area contributed by atoms with Gasteiger partial charge in [-0.05, 0) is 24.1 Å².